The van der Waals surface area contributed by atoms with Crippen LogP contribution in [0.25, 0.3) is 11.3 Å². The van der Waals surface area contributed by atoms with Crippen molar-refractivity contribution in [3.8, 4) is 11.3 Å². The zero-order valence-corrected chi connectivity index (χ0v) is 12.0. The first kappa shape index (κ1) is 13.3. The summed E-state index contributed by atoms with van der Waals surface area (Å²) >= 11 is 7.63. The molecular formula is C14H11ClN2O2S. The number of nitrogens with zero attached hydrogens (tertiary/aromatic N) is 1. The Morgan fingerprint density at radius 3 is 2.90 bits per heavy atom. The maximum Gasteiger partial charge on any atom is 0.292 e. The highest BCUT2D eigenvalue weighted by Crippen LogP contribution is 2.29. The lowest BCUT2D eigenvalue weighted by atomic mass is 10.2. The molecule has 4 nitrogen and oxygen atoms in total. The molecule has 0 spiro atoms. The first-order valence-corrected chi connectivity index (χ1v) is 7.44. The molecule has 0 bridgehead atoms. The Hall–Kier alpha value is -1.72. The molecule has 20 heavy (non-hydrogen) atoms. The third-order valence-electron chi connectivity index (χ3n) is 2.78. The number of carbonyl (C=O) groups is 1. The fourth-order valence-electron chi connectivity index (χ4n) is 1.84. The smallest absolute Gasteiger partial charge is 0.292 e. The van der Waals surface area contributed by atoms with Crippen LogP contribution in [0.1, 0.15) is 10.6 Å². The van der Waals surface area contributed by atoms with Gasteiger partial charge in [-0.1, -0.05) is 35.5 Å². The van der Waals surface area contributed by atoms with Crippen LogP contribution in [0.3, 0.4) is 0 Å². The second kappa shape index (κ2) is 5.73. The van der Waals surface area contributed by atoms with Gasteiger partial charge in [-0.15, -0.1) is 0 Å². The van der Waals surface area contributed by atoms with Gasteiger partial charge >= 0.3 is 0 Å². The third kappa shape index (κ3) is 2.73. The average Bonchev–Trinajstić information content (AvgIpc) is 3.10. The number of aliphatic imine (C=N–C) groups is 1. The SMILES string of the molecule is O=C(NC1=NCCS1)c1ccc(-c2ccccc2Cl)o1. The van der Waals surface area contributed by atoms with Gasteiger partial charge in [0.05, 0.1) is 11.6 Å². The van der Waals surface area contributed by atoms with Gasteiger partial charge in [-0.2, -0.15) is 0 Å². The summed E-state index contributed by atoms with van der Waals surface area (Å²) in [6.45, 7) is 0.739. The minimum absolute atomic E-state index is 0.245. The van der Waals surface area contributed by atoms with E-state index in [1.165, 1.54) is 11.8 Å². The van der Waals surface area contributed by atoms with Gasteiger partial charge in [-0.05, 0) is 24.3 Å². The summed E-state index contributed by atoms with van der Waals surface area (Å²) in [5.41, 5.74) is 0.765. The number of benzene rings is 1. The number of hydrogen-bond acceptors (Lipinski definition) is 4. The van der Waals surface area contributed by atoms with Gasteiger partial charge in [0, 0.05) is 11.3 Å². The lowest BCUT2D eigenvalue weighted by Crippen LogP contribution is -2.26. The Morgan fingerprint density at radius 2 is 2.15 bits per heavy atom. The first-order valence-electron chi connectivity index (χ1n) is 6.07. The van der Waals surface area contributed by atoms with Crippen molar-refractivity contribution >= 4 is 34.4 Å². The summed E-state index contributed by atoms with van der Waals surface area (Å²) in [5, 5.41) is 3.95. The van der Waals surface area contributed by atoms with Gasteiger partial charge in [-0.3, -0.25) is 15.1 Å². The van der Waals surface area contributed by atoms with E-state index in [9.17, 15) is 4.79 Å². The van der Waals surface area contributed by atoms with E-state index in [0.29, 0.717) is 16.0 Å². The molecule has 6 heteroatoms. The summed E-state index contributed by atoms with van der Waals surface area (Å²) in [5.74, 6) is 1.42. The summed E-state index contributed by atoms with van der Waals surface area (Å²) in [6, 6.07) is 10.7. The second-order valence-corrected chi connectivity index (χ2v) is 5.62. The lowest BCUT2D eigenvalue weighted by Gasteiger charge is -2.01. The molecule has 2 aromatic rings. The number of carbonyl (C=O) groups excluding carboxylic acids is 1. The van der Waals surface area contributed by atoms with Gasteiger partial charge in [0.15, 0.2) is 10.9 Å². The topological polar surface area (TPSA) is 54.6 Å². The van der Waals surface area contributed by atoms with Crippen LogP contribution in [0, 0.1) is 0 Å². The molecule has 0 fully saturated rings. The minimum atomic E-state index is -0.295. The van der Waals surface area contributed by atoms with Gasteiger partial charge in [-0.25, -0.2) is 0 Å². The van der Waals surface area contributed by atoms with Gasteiger partial charge in [0.1, 0.15) is 5.76 Å². The standard InChI is InChI=1S/C14H11ClN2O2S/c15-10-4-2-1-3-9(10)11-5-6-12(19-11)13(18)17-14-16-7-8-20-14/h1-6H,7-8H2,(H,16,17,18). The third-order valence-corrected chi connectivity index (χ3v) is 4.00. The number of nitrogens with one attached hydrogen (secondary N) is 1. The molecule has 0 atom stereocenters. The quantitative estimate of drug-likeness (QED) is 0.924. The monoisotopic (exact) mass is 306 g/mol. The maximum atomic E-state index is 12.0. The van der Waals surface area contributed by atoms with Crippen LogP contribution in [0.5, 0.6) is 0 Å². The van der Waals surface area contributed by atoms with Crippen LogP contribution >= 0.6 is 23.4 Å². The van der Waals surface area contributed by atoms with E-state index in [0.717, 1.165) is 17.9 Å². The Labute approximate surface area is 125 Å². The Balaban J connectivity index is 1.80. The molecule has 1 aromatic heterocycles. The Bertz CT molecular complexity index is 681. The highest BCUT2D eigenvalue weighted by molar-refractivity contribution is 8.14. The minimum Gasteiger partial charge on any atom is -0.451 e. The van der Waals surface area contributed by atoms with Crippen molar-refractivity contribution in [2.45, 2.75) is 0 Å². The normalized spacial score (nSPS) is 14.2. The highest BCUT2D eigenvalue weighted by atomic mass is 35.5. The highest BCUT2D eigenvalue weighted by Gasteiger charge is 2.16. The number of hydrogen-bond donors (Lipinski definition) is 1. The molecule has 3 rings (SSSR count). The molecule has 1 aliphatic heterocycles. The predicted molar refractivity (Wildman–Crippen MR) is 81.4 cm³/mol. The van der Waals surface area contributed by atoms with E-state index in [1.807, 2.05) is 18.2 Å². The number of thioether (sulfide) groups is 1. The molecule has 1 amide bonds. The molecule has 0 aliphatic carbocycles. The number of rotatable bonds is 2. The maximum absolute atomic E-state index is 12.0. The van der Waals surface area contributed by atoms with E-state index in [2.05, 4.69) is 10.3 Å². The van der Waals surface area contributed by atoms with Crippen LogP contribution in [-0.2, 0) is 0 Å². The fraction of sp³-hybridized carbons (Fsp3) is 0.143. The van der Waals surface area contributed by atoms with Crippen LogP contribution in [0.4, 0.5) is 0 Å². The van der Waals surface area contributed by atoms with E-state index in [4.69, 9.17) is 16.0 Å². The van der Waals surface area contributed by atoms with Crippen molar-refractivity contribution in [3.05, 3.63) is 47.2 Å². The number of furan rings is 1. The van der Waals surface area contributed by atoms with Gasteiger partial charge < -0.3 is 4.42 Å². The molecule has 0 radical (unpaired) electrons. The summed E-state index contributed by atoms with van der Waals surface area (Å²) < 4.78 is 5.56. The van der Waals surface area contributed by atoms with E-state index in [1.54, 1.807) is 18.2 Å². The number of amidine groups is 1. The van der Waals surface area contributed by atoms with E-state index >= 15 is 0 Å². The van der Waals surface area contributed by atoms with Crippen molar-refractivity contribution < 1.29 is 9.21 Å². The van der Waals surface area contributed by atoms with Gasteiger partial charge in [0.2, 0.25) is 0 Å². The van der Waals surface area contributed by atoms with Crippen molar-refractivity contribution in [2.24, 2.45) is 4.99 Å². The van der Waals surface area contributed by atoms with E-state index < -0.39 is 0 Å². The molecule has 0 unspecified atom stereocenters. The molecule has 0 saturated carbocycles. The molecule has 2 heterocycles. The molecule has 1 aliphatic rings. The number of amides is 1. The van der Waals surface area contributed by atoms with Crippen molar-refractivity contribution in [2.75, 3.05) is 12.3 Å². The summed E-state index contributed by atoms with van der Waals surface area (Å²) in [7, 11) is 0. The van der Waals surface area contributed by atoms with E-state index in [-0.39, 0.29) is 11.7 Å². The van der Waals surface area contributed by atoms with Gasteiger partial charge in [0.25, 0.3) is 5.91 Å². The zero-order chi connectivity index (χ0) is 13.9. The molecule has 0 saturated heterocycles. The van der Waals surface area contributed by atoms with Crippen LogP contribution in [-0.4, -0.2) is 23.4 Å². The summed E-state index contributed by atoms with van der Waals surface area (Å²) in [6.07, 6.45) is 0. The first-order chi connectivity index (χ1) is 9.74. The second-order valence-electron chi connectivity index (χ2n) is 4.13. The fourth-order valence-corrected chi connectivity index (χ4v) is 2.79. The molecule has 1 N–H and O–H groups in total. The average molecular weight is 307 g/mol. The molecule has 1 aromatic carbocycles. The Morgan fingerprint density at radius 1 is 1.30 bits per heavy atom. The van der Waals surface area contributed by atoms with Crippen LogP contribution in [0.2, 0.25) is 5.02 Å². The zero-order valence-electron chi connectivity index (χ0n) is 10.4. The Kier molecular flexibility index (Phi) is 3.80. The predicted octanol–water partition coefficient (Wildman–Crippen LogP) is 3.43. The molecular weight excluding hydrogens is 296 g/mol. The molecule has 102 valence electrons. The number of halogens is 1. The van der Waals surface area contributed by atoms with Crippen LogP contribution in [0.15, 0.2) is 45.8 Å². The summed E-state index contributed by atoms with van der Waals surface area (Å²) in [4.78, 5) is 16.2. The van der Waals surface area contributed by atoms with Crippen LogP contribution < -0.4 is 5.32 Å². The van der Waals surface area contributed by atoms with Crippen molar-refractivity contribution in [1.82, 2.24) is 5.32 Å². The van der Waals surface area contributed by atoms with Crippen molar-refractivity contribution in [3.63, 3.8) is 0 Å². The van der Waals surface area contributed by atoms with Crippen molar-refractivity contribution in [1.29, 1.82) is 0 Å². The lowest BCUT2D eigenvalue weighted by molar-refractivity contribution is 0.0952. The largest absolute Gasteiger partial charge is 0.451 e.